The first-order valence-electron chi connectivity index (χ1n) is 10.4. The van der Waals surface area contributed by atoms with Crippen LogP contribution >= 0.6 is 0 Å². The summed E-state index contributed by atoms with van der Waals surface area (Å²) in [6.07, 6.45) is 4.17. The zero-order valence-corrected chi connectivity index (χ0v) is 18.7. The molecule has 1 aliphatic rings. The van der Waals surface area contributed by atoms with E-state index in [0.29, 0.717) is 24.7 Å². The molecule has 8 heteroatoms. The van der Waals surface area contributed by atoms with Crippen LogP contribution in [0.3, 0.4) is 0 Å². The molecule has 4 rings (SSSR count). The van der Waals surface area contributed by atoms with Gasteiger partial charge < -0.3 is 14.2 Å². The van der Waals surface area contributed by atoms with Gasteiger partial charge in [0.05, 0.1) is 25.2 Å². The summed E-state index contributed by atoms with van der Waals surface area (Å²) in [5, 5.41) is 0. The summed E-state index contributed by atoms with van der Waals surface area (Å²) < 4.78 is 45.2. The first-order valence-corrected chi connectivity index (χ1v) is 11.9. The molecule has 168 valence electrons. The standard InChI is InChI=1S/C24H26N2O5S/c1-29-24-14-19(9-10-23(24)31-21-11-13-30-18-21)16-26(17-20-6-5-12-25-15-20)32(27,28)22-7-3-2-4-8-22/h2-10,12,14-15,21H,11,13,16-18H2,1H3/t21-/m0/s1. The molecule has 0 N–H and O–H groups in total. The molecule has 0 amide bonds. The highest BCUT2D eigenvalue weighted by molar-refractivity contribution is 7.89. The monoisotopic (exact) mass is 454 g/mol. The number of hydrogen-bond donors (Lipinski definition) is 0. The van der Waals surface area contributed by atoms with E-state index in [1.807, 2.05) is 24.3 Å². The normalized spacial score (nSPS) is 16.2. The number of benzene rings is 2. The molecule has 0 bridgehead atoms. The van der Waals surface area contributed by atoms with Crippen LogP contribution in [0.4, 0.5) is 0 Å². The third-order valence-electron chi connectivity index (χ3n) is 5.23. The van der Waals surface area contributed by atoms with Crippen LogP contribution in [-0.4, -0.2) is 44.1 Å². The summed E-state index contributed by atoms with van der Waals surface area (Å²) >= 11 is 0. The molecule has 0 saturated carbocycles. The van der Waals surface area contributed by atoms with Crippen molar-refractivity contribution in [2.24, 2.45) is 0 Å². The Bertz CT molecular complexity index is 1120. The minimum Gasteiger partial charge on any atom is -0.493 e. The molecule has 0 spiro atoms. The second-order valence-corrected chi connectivity index (χ2v) is 9.47. The van der Waals surface area contributed by atoms with Gasteiger partial charge in [0.1, 0.15) is 6.10 Å². The van der Waals surface area contributed by atoms with Gasteiger partial charge in [-0.2, -0.15) is 4.31 Å². The van der Waals surface area contributed by atoms with Crippen molar-refractivity contribution in [2.45, 2.75) is 30.5 Å². The molecule has 32 heavy (non-hydrogen) atoms. The molecule has 7 nitrogen and oxygen atoms in total. The number of hydrogen-bond acceptors (Lipinski definition) is 6. The zero-order valence-electron chi connectivity index (χ0n) is 17.9. The van der Waals surface area contributed by atoms with E-state index in [0.717, 1.165) is 17.5 Å². The predicted octanol–water partition coefficient (Wildman–Crippen LogP) is 3.65. The van der Waals surface area contributed by atoms with E-state index >= 15 is 0 Å². The SMILES string of the molecule is COc1cc(CN(Cc2cccnc2)S(=O)(=O)c2ccccc2)ccc1O[C@H]1CCOC1. The summed E-state index contributed by atoms with van der Waals surface area (Å²) in [6, 6.07) is 17.6. The highest BCUT2D eigenvalue weighted by atomic mass is 32.2. The fourth-order valence-corrected chi connectivity index (χ4v) is 5.00. The van der Waals surface area contributed by atoms with E-state index in [9.17, 15) is 8.42 Å². The predicted molar refractivity (Wildman–Crippen MR) is 120 cm³/mol. The number of pyridine rings is 1. The molecule has 1 saturated heterocycles. The van der Waals surface area contributed by atoms with Crippen LogP contribution in [0.1, 0.15) is 17.5 Å². The van der Waals surface area contributed by atoms with E-state index in [2.05, 4.69) is 4.98 Å². The lowest BCUT2D eigenvalue weighted by Crippen LogP contribution is -2.30. The second kappa shape index (κ2) is 10.1. The number of methoxy groups -OCH3 is 1. The van der Waals surface area contributed by atoms with Crippen molar-refractivity contribution in [3.8, 4) is 11.5 Å². The number of aromatic nitrogens is 1. The summed E-state index contributed by atoms with van der Waals surface area (Å²) in [7, 11) is -2.15. The quantitative estimate of drug-likeness (QED) is 0.491. The molecule has 2 heterocycles. The van der Waals surface area contributed by atoms with Crippen molar-refractivity contribution in [2.75, 3.05) is 20.3 Å². The number of rotatable bonds is 9. The molecule has 2 aromatic carbocycles. The Morgan fingerprint density at radius 2 is 1.84 bits per heavy atom. The van der Waals surface area contributed by atoms with Crippen LogP contribution in [0.5, 0.6) is 11.5 Å². The van der Waals surface area contributed by atoms with Crippen molar-refractivity contribution >= 4 is 10.0 Å². The van der Waals surface area contributed by atoms with Crippen molar-refractivity contribution in [3.05, 3.63) is 84.2 Å². The summed E-state index contributed by atoms with van der Waals surface area (Å²) in [5.74, 6) is 1.18. The summed E-state index contributed by atoms with van der Waals surface area (Å²) in [4.78, 5) is 4.37. The molecule has 1 aromatic heterocycles. The lowest BCUT2D eigenvalue weighted by atomic mass is 10.2. The topological polar surface area (TPSA) is 78.0 Å². The van der Waals surface area contributed by atoms with Crippen LogP contribution in [-0.2, 0) is 27.8 Å². The van der Waals surface area contributed by atoms with E-state index in [1.54, 1.807) is 55.9 Å². The first kappa shape index (κ1) is 22.3. The summed E-state index contributed by atoms with van der Waals surface area (Å²) in [5.41, 5.74) is 1.60. The molecular formula is C24H26N2O5S. The number of nitrogens with zero attached hydrogens (tertiary/aromatic N) is 2. The third kappa shape index (κ3) is 5.27. The molecule has 0 aliphatic carbocycles. The fourth-order valence-electron chi connectivity index (χ4n) is 3.56. The van der Waals surface area contributed by atoms with E-state index in [1.165, 1.54) is 4.31 Å². The lowest BCUT2D eigenvalue weighted by molar-refractivity contribution is 0.138. The molecule has 0 radical (unpaired) electrons. The van der Waals surface area contributed by atoms with Gasteiger partial charge in [-0.1, -0.05) is 30.3 Å². The average molecular weight is 455 g/mol. The highest BCUT2D eigenvalue weighted by Crippen LogP contribution is 2.31. The smallest absolute Gasteiger partial charge is 0.243 e. The van der Waals surface area contributed by atoms with Gasteiger partial charge in [0, 0.05) is 31.9 Å². The second-order valence-electron chi connectivity index (χ2n) is 7.54. The Morgan fingerprint density at radius 3 is 2.53 bits per heavy atom. The maximum absolute atomic E-state index is 13.4. The Labute approximate surface area is 188 Å². The largest absolute Gasteiger partial charge is 0.493 e. The van der Waals surface area contributed by atoms with Gasteiger partial charge >= 0.3 is 0 Å². The van der Waals surface area contributed by atoms with Gasteiger partial charge in [-0.15, -0.1) is 0 Å². The molecule has 0 unspecified atom stereocenters. The zero-order chi connectivity index (χ0) is 22.4. The van der Waals surface area contributed by atoms with Gasteiger partial charge in [0.25, 0.3) is 0 Å². The fraction of sp³-hybridized carbons (Fsp3) is 0.292. The van der Waals surface area contributed by atoms with Crippen molar-refractivity contribution < 1.29 is 22.6 Å². The molecule has 1 aliphatic heterocycles. The summed E-state index contributed by atoms with van der Waals surface area (Å²) in [6.45, 7) is 1.62. The van der Waals surface area contributed by atoms with Crippen LogP contribution in [0.15, 0.2) is 78.0 Å². The van der Waals surface area contributed by atoms with Crippen molar-refractivity contribution in [1.82, 2.24) is 9.29 Å². The van der Waals surface area contributed by atoms with Crippen LogP contribution in [0.25, 0.3) is 0 Å². The van der Waals surface area contributed by atoms with Crippen LogP contribution in [0, 0.1) is 0 Å². The Hall–Kier alpha value is -2.94. The Morgan fingerprint density at radius 1 is 1.03 bits per heavy atom. The van der Waals surface area contributed by atoms with Gasteiger partial charge in [-0.25, -0.2) is 8.42 Å². The highest BCUT2D eigenvalue weighted by Gasteiger charge is 2.26. The Balaban J connectivity index is 1.61. The first-order chi connectivity index (χ1) is 15.6. The lowest BCUT2D eigenvalue weighted by Gasteiger charge is -2.23. The average Bonchev–Trinajstić information content (AvgIpc) is 3.34. The number of ether oxygens (including phenoxy) is 3. The van der Waals surface area contributed by atoms with E-state index in [-0.39, 0.29) is 24.1 Å². The third-order valence-corrected chi connectivity index (χ3v) is 7.04. The van der Waals surface area contributed by atoms with Gasteiger partial charge in [-0.3, -0.25) is 4.98 Å². The minimum absolute atomic E-state index is 0.00436. The molecule has 1 atom stereocenters. The van der Waals surface area contributed by atoms with E-state index < -0.39 is 10.0 Å². The van der Waals surface area contributed by atoms with Gasteiger partial charge in [-0.05, 0) is 41.5 Å². The maximum Gasteiger partial charge on any atom is 0.243 e. The van der Waals surface area contributed by atoms with Gasteiger partial charge in [0.2, 0.25) is 10.0 Å². The minimum atomic E-state index is -3.73. The number of sulfonamides is 1. The molecular weight excluding hydrogens is 428 g/mol. The maximum atomic E-state index is 13.4. The van der Waals surface area contributed by atoms with Crippen LogP contribution < -0.4 is 9.47 Å². The molecule has 3 aromatic rings. The van der Waals surface area contributed by atoms with Crippen molar-refractivity contribution in [3.63, 3.8) is 0 Å². The Kier molecular flexibility index (Phi) is 7.04. The van der Waals surface area contributed by atoms with Crippen LogP contribution in [0.2, 0.25) is 0 Å². The van der Waals surface area contributed by atoms with Gasteiger partial charge in [0.15, 0.2) is 11.5 Å². The van der Waals surface area contributed by atoms with E-state index in [4.69, 9.17) is 14.2 Å². The molecule has 1 fully saturated rings. The van der Waals surface area contributed by atoms with Crippen molar-refractivity contribution in [1.29, 1.82) is 0 Å².